The number of hydrogen-bond donors (Lipinski definition) is 3. The van der Waals surface area contributed by atoms with E-state index >= 15 is 0 Å². The second kappa shape index (κ2) is 8.43. The number of amides is 1. The maximum absolute atomic E-state index is 13.4. The summed E-state index contributed by atoms with van der Waals surface area (Å²) in [6.07, 6.45) is 5.79. The number of anilines is 1. The predicted molar refractivity (Wildman–Crippen MR) is 122 cm³/mol. The Balaban J connectivity index is 1.27. The van der Waals surface area contributed by atoms with Gasteiger partial charge in [0.25, 0.3) is 5.91 Å². The van der Waals surface area contributed by atoms with Gasteiger partial charge in [-0.3, -0.25) is 4.79 Å². The molecule has 174 valence electrons. The van der Waals surface area contributed by atoms with Crippen molar-refractivity contribution in [3.05, 3.63) is 46.8 Å². The molecule has 6 nitrogen and oxygen atoms in total. The summed E-state index contributed by atoms with van der Waals surface area (Å²) in [5, 5.41) is 23.2. The summed E-state index contributed by atoms with van der Waals surface area (Å²) < 4.78 is 15.1. The lowest BCUT2D eigenvalue weighted by atomic mass is 9.82. The Labute approximate surface area is 197 Å². The SMILES string of the molecule is Cn1cnc(C2CC3CC(O)(C#CC4CC(O)C4)CC3C2)c1C(=O)Nc1ccc(F)c(Cl)c1. The summed E-state index contributed by atoms with van der Waals surface area (Å²) in [6, 6.07) is 4.08. The van der Waals surface area contributed by atoms with Gasteiger partial charge in [-0.1, -0.05) is 23.4 Å². The molecule has 1 heterocycles. The molecular weight excluding hydrogens is 445 g/mol. The summed E-state index contributed by atoms with van der Waals surface area (Å²) in [4.78, 5) is 17.6. The number of aromatic nitrogens is 2. The van der Waals surface area contributed by atoms with Crippen molar-refractivity contribution in [3.8, 4) is 11.8 Å². The Morgan fingerprint density at radius 1 is 1.27 bits per heavy atom. The zero-order valence-electron chi connectivity index (χ0n) is 18.4. The molecule has 3 N–H and O–H groups in total. The van der Waals surface area contributed by atoms with Gasteiger partial charge in [-0.15, -0.1) is 0 Å². The number of carbonyl (C=O) groups excluding carboxylic acids is 1. The van der Waals surface area contributed by atoms with Gasteiger partial charge >= 0.3 is 0 Å². The van der Waals surface area contributed by atoms with Crippen molar-refractivity contribution in [2.75, 3.05) is 5.32 Å². The second-order valence-corrected chi connectivity index (χ2v) is 10.3. The Morgan fingerprint density at radius 3 is 2.61 bits per heavy atom. The van der Waals surface area contributed by atoms with E-state index in [4.69, 9.17) is 11.6 Å². The minimum atomic E-state index is -0.951. The van der Waals surface area contributed by atoms with Gasteiger partial charge in [0.1, 0.15) is 17.1 Å². The first-order chi connectivity index (χ1) is 15.7. The van der Waals surface area contributed by atoms with Crippen molar-refractivity contribution in [1.82, 2.24) is 9.55 Å². The van der Waals surface area contributed by atoms with E-state index in [-0.39, 0.29) is 28.9 Å². The first-order valence-corrected chi connectivity index (χ1v) is 11.8. The fourth-order valence-corrected chi connectivity index (χ4v) is 5.90. The van der Waals surface area contributed by atoms with Crippen LogP contribution in [0.4, 0.5) is 10.1 Å². The maximum Gasteiger partial charge on any atom is 0.274 e. The normalized spacial score (nSPS) is 32.6. The lowest BCUT2D eigenvalue weighted by Gasteiger charge is -2.27. The van der Waals surface area contributed by atoms with E-state index in [1.54, 1.807) is 17.9 Å². The monoisotopic (exact) mass is 471 g/mol. The van der Waals surface area contributed by atoms with Crippen LogP contribution in [0.1, 0.15) is 60.6 Å². The number of aliphatic hydroxyl groups excluding tert-OH is 1. The fraction of sp³-hybridized carbons (Fsp3) is 0.520. The van der Waals surface area contributed by atoms with E-state index < -0.39 is 11.4 Å². The minimum Gasteiger partial charge on any atom is -0.393 e. The Hall–Kier alpha value is -2.40. The molecule has 3 aliphatic rings. The molecule has 0 bridgehead atoms. The molecule has 3 aliphatic carbocycles. The molecule has 0 saturated heterocycles. The van der Waals surface area contributed by atoms with Crippen LogP contribution in [0.25, 0.3) is 0 Å². The quantitative estimate of drug-likeness (QED) is 0.593. The number of aliphatic hydroxyl groups is 2. The summed E-state index contributed by atoms with van der Waals surface area (Å²) in [7, 11) is 1.78. The molecule has 5 rings (SSSR count). The van der Waals surface area contributed by atoms with Gasteiger partial charge in [-0.25, -0.2) is 9.37 Å². The smallest absolute Gasteiger partial charge is 0.274 e. The van der Waals surface area contributed by atoms with E-state index in [1.165, 1.54) is 18.2 Å². The van der Waals surface area contributed by atoms with Crippen molar-refractivity contribution in [1.29, 1.82) is 0 Å². The molecule has 8 heteroatoms. The molecule has 3 saturated carbocycles. The topological polar surface area (TPSA) is 87.4 Å². The molecule has 3 fully saturated rings. The number of rotatable bonds is 3. The van der Waals surface area contributed by atoms with E-state index in [1.807, 2.05) is 0 Å². The molecule has 0 spiro atoms. The number of carbonyl (C=O) groups is 1. The summed E-state index contributed by atoms with van der Waals surface area (Å²) in [5.74, 6) is 6.44. The van der Waals surface area contributed by atoms with Crippen LogP contribution < -0.4 is 5.32 Å². The highest BCUT2D eigenvalue weighted by atomic mass is 35.5. The summed E-state index contributed by atoms with van der Waals surface area (Å²) in [6.45, 7) is 0. The largest absolute Gasteiger partial charge is 0.393 e. The molecule has 2 aromatic rings. The van der Waals surface area contributed by atoms with E-state index in [2.05, 4.69) is 22.1 Å². The predicted octanol–water partition coefficient (Wildman–Crippen LogP) is 3.87. The van der Waals surface area contributed by atoms with Crippen molar-refractivity contribution in [3.63, 3.8) is 0 Å². The lowest BCUT2D eigenvalue weighted by Crippen LogP contribution is -2.29. The number of fused-ring (bicyclic) bond motifs is 1. The molecule has 1 aromatic carbocycles. The zero-order valence-corrected chi connectivity index (χ0v) is 19.1. The average molecular weight is 472 g/mol. The van der Waals surface area contributed by atoms with Crippen LogP contribution in [0.15, 0.2) is 24.5 Å². The number of benzene rings is 1. The molecule has 2 atom stereocenters. The highest BCUT2D eigenvalue weighted by Crippen LogP contribution is 2.54. The van der Waals surface area contributed by atoms with Gasteiger partial charge in [0.2, 0.25) is 0 Å². The third kappa shape index (κ3) is 4.40. The van der Waals surface area contributed by atoms with Gasteiger partial charge in [0.15, 0.2) is 0 Å². The molecule has 1 aromatic heterocycles. The lowest BCUT2D eigenvalue weighted by molar-refractivity contribution is 0.0650. The standard InChI is InChI=1S/C25H27ClFN3O3/c1-30-13-28-22(23(30)24(32)29-18-2-3-21(27)20(26)10-18)15-8-16-11-25(33,12-17(16)9-15)5-4-14-6-19(31)7-14/h2-3,10,13-17,19,31,33H,6-9,11-12H2,1H3,(H,29,32). The second-order valence-electron chi connectivity index (χ2n) is 9.89. The third-order valence-electron chi connectivity index (χ3n) is 7.41. The minimum absolute atomic E-state index is 0.0503. The van der Waals surface area contributed by atoms with Crippen molar-refractivity contribution in [2.45, 2.75) is 56.1 Å². The van der Waals surface area contributed by atoms with Gasteiger partial charge in [-0.05, 0) is 68.6 Å². The van der Waals surface area contributed by atoms with Gasteiger partial charge in [0.05, 0.1) is 23.1 Å². The zero-order chi connectivity index (χ0) is 23.3. The third-order valence-corrected chi connectivity index (χ3v) is 7.70. The van der Waals surface area contributed by atoms with Crippen LogP contribution in [0, 0.1) is 35.4 Å². The van der Waals surface area contributed by atoms with Crippen LogP contribution in [-0.4, -0.2) is 37.4 Å². The van der Waals surface area contributed by atoms with E-state index in [0.717, 1.165) is 18.5 Å². The van der Waals surface area contributed by atoms with Crippen LogP contribution in [0.2, 0.25) is 5.02 Å². The molecule has 1 amide bonds. The summed E-state index contributed by atoms with van der Waals surface area (Å²) >= 11 is 5.84. The number of nitrogens with zero attached hydrogens (tertiary/aromatic N) is 2. The number of imidazole rings is 1. The number of aryl methyl sites for hydroxylation is 1. The molecule has 0 radical (unpaired) electrons. The Morgan fingerprint density at radius 2 is 1.97 bits per heavy atom. The first-order valence-electron chi connectivity index (χ1n) is 11.4. The van der Waals surface area contributed by atoms with Crippen molar-refractivity contribution in [2.24, 2.45) is 24.8 Å². The average Bonchev–Trinajstić information content (AvgIpc) is 3.38. The van der Waals surface area contributed by atoms with Crippen molar-refractivity contribution >= 4 is 23.2 Å². The Kier molecular flexibility index (Phi) is 5.72. The molecule has 0 aliphatic heterocycles. The van der Waals surface area contributed by atoms with Crippen LogP contribution >= 0.6 is 11.6 Å². The maximum atomic E-state index is 13.4. The van der Waals surface area contributed by atoms with Gasteiger partial charge < -0.3 is 20.1 Å². The highest BCUT2D eigenvalue weighted by molar-refractivity contribution is 6.31. The fourth-order valence-electron chi connectivity index (χ4n) is 5.72. The van der Waals surface area contributed by atoms with Crippen LogP contribution in [0.3, 0.4) is 0 Å². The van der Waals surface area contributed by atoms with Crippen LogP contribution in [-0.2, 0) is 7.05 Å². The van der Waals surface area contributed by atoms with Crippen LogP contribution in [0.5, 0.6) is 0 Å². The Bertz CT molecular complexity index is 1130. The van der Waals surface area contributed by atoms with Crippen molar-refractivity contribution < 1.29 is 19.4 Å². The van der Waals surface area contributed by atoms with E-state index in [9.17, 15) is 19.4 Å². The van der Waals surface area contributed by atoms with E-state index in [0.29, 0.717) is 48.9 Å². The molecular formula is C25H27ClFN3O3. The highest BCUT2D eigenvalue weighted by Gasteiger charge is 2.49. The van der Waals surface area contributed by atoms with Gasteiger partial charge in [-0.2, -0.15) is 0 Å². The first kappa shape index (κ1) is 22.4. The van der Waals surface area contributed by atoms with Gasteiger partial charge in [0, 0.05) is 24.6 Å². The number of halogens is 2. The summed E-state index contributed by atoms with van der Waals surface area (Å²) in [5.41, 5.74) is 0.715. The number of nitrogens with one attached hydrogen (secondary N) is 1. The number of hydrogen-bond acceptors (Lipinski definition) is 4. The molecule has 2 unspecified atom stereocenters. The molecule has 33 heavy (non-hydrogen) atoms.